The maximum absolute atomic E-state index is 14.3. The Morgan fingerprint density at radius 1 is 0.929 bits per heavy atom. The lowest BCUT2D eigenvalue weighted by Crippen LogP contribution is -2.44. The van der Waals surface area contributed by atoms with E-state index >= 15 is 0 Å². The van der Waals surface area contributed by atoms with Gasteiger partial charge in [-0.2, -0.15) is 0 Å². The van der Waals surface area contributed by atoms with E-state index in [0.29, 0.717) is 5.56 Å². The van der Waals surface area contributed by atoms with E-state index in [4.69, 9.17) is 22.1 Å². The van der Waals surface area contributed by atoms with Crippen molar-refractivity contribution in [1.29, 1.82) is 0 Å². The predicted octanol–water partition coefficient (Wildman–Crippen LogP) is 3.33. The topological polar surface area (TPSA) is 61.8 Å². The molecule has 0 heterocycles. The minimum absolute atomic E-state index is 0.272. The average molecular weight is 384 g/mol. The highest BCUT2D eigenvalue weighted by atomic mass is 19.1. The summed E-state index contributed by atoms with van der Waals surface area (Å²) in [6.07, 6.45) is -3.95. The molecule has 4 atom stereocenters. The number of carbonyl (C=O) groups is 2. The fourth-order valence-corrected chi connectivity index (χ4v) is 2.53. The Bertz CT molecular complexity index is 752. The first-order valence-corrected chi connectivity index (χ1v) is 8.91. The molecular weight excluding hydrogens is 362 g/mol. The summed E-state index contributed by atoms with van der Waals surface area (Å²) in [6, 6.07) is 15.8. The number of rotatable bonds is 9. The average Bonchev–Trinajstić information content (AvgIpc) is 2.69. The second kappa shape index (κ2) is 10.6. The number of hydrogen-bond donors (Lipinski definition) is 0. The highest BCUT2D eigenvalue weighted by Gasteiger charge is 2.33. The van der Waals surface area contributed by atoms with Crippen molar-refractivity contribution in [3.05, 3.63) is 71.8 Å². The summed E-state index contributed by atoms with van der Waals surface area (Å²) >= 11 is 0. The van der Waals surface area contributed by atoms with Crippen LogP contribution >= 0.6 is 0 Å². The Morgan fingerprint density at radius 3 is 1.89 bits per heavy atom. The van der Waals surface area contributed by atoms with Crippen molar-refractivity contribution < 1.29 is 28.2 Å². The molecular formula is C21H22BFO5. The summed E-state index contributed by atoms with van der Waals surface area (Å²) in [5, 5.41) is 0. The summed E-state index contributed by atoms with van der Waals surface area (Å²) in [4.78, 5) is 24.5. The Kier molecular flexibility index (Phi) is 8.20. The van der Waals surface area contributed by atoms with Crippen LogP contribution in [0.25, 0.3) is 0 Å². The molecule has 2 unspecified atom stereocenters. The molecule has 0 saturated carbocycles. The van der Waals surface area contributed by atoms with Crippen molar-refractivity contribution in [3.63, 3.8) is 0 Å². The molecule has 146 valence electrons. The number of hydrogen-bond acceptors (Lipinski definition) is 5. The van der Waals surface area contributed by atoms with Gasteiger partial charge in [-0.25, -0.2) is 14.0 Å². The Hall–Kier alpha value is -2.67. The van der Waals surface area contributed by atoms with Crippen molar-refractivity contribution in [2.75, 3.05) is 6.61 Å². The molecule has 2 rings (SSSR count). The minimum Gasteiger partial charge on any atom is -0.459 e. The first-order valence-electron chi connectivity index (χ1n) is 8.91. The number of carbonyl (C=O) groups excluding carboxylic acids is 2. The van der Waals surface area contributed by atoms with Crippen LogP contribution < -0.4 is 0 Å². The van der Waals surface area contributed by atoms with Crippen molar-refractivity contribution in [2.24, 2.45) is 0 Å². The van der Waals surface area contributed by atoms with Crippen LogP contribution in [0.5, 0.6) is 0 Å². The standard InChI is InChI=1S/C21H22BFO5/c1-14(23)19(28-21(25)17-11-7-4-8-12-17)18(27-15(2)22)13-26-20(24)16-9-5-3-6-10-16/h3-12,14-15,18-19H,13H2,1-2H3/t14?,15?,18-,19+/m1/s1. The van der Waals surface area contributed by atoms with Crippen LogP contribution in [0.3, 0.4) is 0 Å². The number of benzene rings is 2. The van der Waals surface area contributed by atoms with E-state index in [-0.39, 0.29) is 12.2 Å². The molecule has 0 spiro atoms. The monoisotopic (exact) mass is 384 g/mol. The van der Waals surface area contributed by atoms with Crippen LogP contribution in [0.4, 0.5) is 4.39 Å². The van der Waals surface area contributed by atoms with E-state index < -0.39 is 36.3 Å². The van der Waals surface area contributed by atoms with Gasteiger partial charge in [0, 0.05) is 6.00 Å². The van der Waals surface area contributed by atoms with E-state index in [1.54, 1.807) is 67.6 Å². The summed E-state index contributed by atoms with van der Waals surface area (Å²) in [7, 11) is 5.67. The zero-order chi connectivity index (χ0) is 20.5. The van der Waals surface area contributed by atoms with Crippen LogP contribution in [0, 0.1) is 0 Å². The van der Waals surface area contributed by atoms with Gasteiger partial charge in [0.15, 0.2) is 6.10 Å². The molecule has 0 fully saturated rings. The molecule has 2 radical (unpaired) electrons. The van der Waals surface area contributed by atoms with Crippen LogP contribution in [0.1, 0.15) is 34.6 Å². The fourth-order valence-electron chi connectivity index (χ4n) is 2.53. The molecule has 0 aliphatic heterocycles. The van der Waals surface area contributed by atoms with Gasteiger partial charge in [-0.3, -0.25) is 0 Å². The van der Waals surface area contributed by atoms with Gasteiger partial charge in [0.2, 0.25) is 0 Å². The first kappa shape index (κ1) is 21.6. The van der Waals surface area contributed by atoms with Crippen molar-refractivity contribution in [2.45, 2.75) is 38.2 Å². The van der Waals surface area contributed by atoms with Crippen LogP contribution in [-0.4, -0.2) is 50.8 Å². The lowest BCUT2D eigenvalue weighted by Gasteiger charge is -2.29. The Morgan fingerprint density at radius 2 is 1.43 bits per heavy atom. The normalized spacial score (nSPS) is 15.1. The van der Waals surface area contributed by atoms with Gasteiger partial charge in [-0.05, 0) is 38.1 Å². The second-order valence-corrected chi connectivity index (χ2v) is 6.26. The van der Waals surface area contributed by atoms with Gasteiger partial charge in [-0.15, -0.1) is 0 Å². The van der Waals surface area contributed by atoms with Crippen molar-refractivity contribution >= 4 is 19.8 Å². The lowest BCUT2D eigenvalue weighted by atomic mass is 10.0. The molecule has 7 heteroatoms. The number of halogens is 1. The number of ether oxygens (including phenoxy) is 3. The molecule has 0 N–H and O–H groups in total. The smallest absolute Gasteiger partial charge is 0.338 e. The van der Waals surface area contributed by atoms with Gasteiger partial charge < -0.3 is 14.2 Å². The first-order chi connectivity index (χ1) is 13.4. The van der Waals surface area contributed by atoms with Gasteiger partial charge in [0.1, 0.15) is 26.7 Å². The van der Waals surface area contributed by atoms with E-state index in [1.165, 1.54) is 6.92 Å². The van der Waals surface area contributed by atoms with Crippen LogP contribution in [0.2, 0.25) is 0 Å². The molecule has 28 heavy (non-hydrogen) atoms. The quantitative estimate of drug-likeness (QED) is 0.490. The third-order valence-electron chi connectivity index (χ3n) is 3.85. The van der Waals surface area contributed by atoms with Gasteiger partial charge in [0.25, 0.3) is 0 Å². The fraction of sp³-hybridized carbons (Fsp3) is 0.333. The van der Waals surface area contributed by atoms with E-state index in [9.17, 15) is 14.0 Å². The largest absolute Gasteiger partial charge is 0.459 e. The number of esters is 2. The molecule has 5 nitrogen and oxygen atoms in total. The zero-order valence-corrected chi connectivity index (χ0v) is 15.8. The van der Waals surface area contributed by atoms with E-state index in [1.807, 2.05) is 0 Å². The van der Waals surface area contributed by atoms with Crippen LogP contribution in [-0.2, 0) is 14.2 Å². The summed E-state index contributed by atoms with van der Waals surface area (Å²) in [6.45, 7) is 2.46. The highest BCUT2D eigenvalue weighted by Crippen LogP contribution is 2.17. The SMILES string of the molecule is [B]C(C)O[C@H](COC(=O)c1ccccc1)[C@@H](OC(=O)c1ccccc1)C(C)F. The van der Waals surface area contributed by atoms with Crippen molar-refractivity contribution in [1.82, 2.24) is 0 Å². The Balaban J connectivity index is 2.10. The molecule has 0 aliphatic rings. The van der Waals surface area contributed by atoms with E-state index in [2.05, 4.69) is 0 Å². The van der Waals surface area contributed by atoms with Gasteiger partial charge in [0.05, 0.1) is 11.1 Å². The zero-order valence-electron chi connectivity index (χ0n) is 15.8. The summed E-state index contributed by atoms with van der Waals surface area (Å²) in [5.41, 5.74) is 0.613. The summed E-state index contributed by atoms with van der Waals surface area (Å²) in [5.74, 6) is -1.30. The van der Waals surface area contributed by atoms with Crippen molar-refractivity contribution in [3.8, 4) is 0 Å². The highest BCUT2D eigenvalue weighted by molar-refractivity contribution is 6.10. The predicted molar refractivity (Wildman–Crippen MR) is 103 cm³/mol. The Labute approximate surface area is 165 Å². The lowest BCUT2D eigenvalue weighted by molar-refractivity contribution is -0.103. The second-order valence-electron chi connectivity index (χ2n) is 6.26. The third kappa shape index (κ3) is 6.49. The minimum atomic E-state index is -1.58. The van der Waals surface area contributed by atoms with Gasteiger partial charge in [-0.1, -0.05) is 36.4 Å². The number of alkyl halides is 1. The molecule has 0 amide bonds. The molecule has 0 saturated heterocycles. The molecule has 0 aromatic heterocycles. The molecule has 0 bridgehead atoms. The van der Waals surface area contributed by atoms with E-state index in [0.717, 1.165) is 0 Å². The molecule has 0 aliphatic carbocycles. The maximum atomic E-state index is 14.3. The maximum Gasteiger partial charge on any atom is 0.338 e. The third-order valence-corrected chi connectivity index (χ3v) is 3.85. The van der Waals surface area contributed by atoms with Crippen LogP contribution in [0.15, 0.2) is 60.7 Å². The summed E-state index contributed by atoms with van der Waals surface area (Å²) < 4.78 is 30.3. The van der Waals surface area contributed by atoms with Gasteiger partial charge >= 0.3 is 11.9 Å². The molecule has 2 aromatic carbocycles. The molecule has 2 aromatic rings.